The molecular weight excluding hydrogens is 288 g/mol. The summed E-state index contributed by atoms with van der Waals surface area (Å²) in [6, 6.07) is 18.8. The van der Waals surface area contributed by atoms with Crippen molar-refractivity contribution < 1.29 is 4.79 Å². The predicted octanol–water partition coefficient (Wildman–Crippen LogP) is 3.78. The van der Waals surface area contributed by atoms with Crippen LogP contribution in [-0.4, -0.2) is 15.9 Å². The van der Waals surface area contributed by atoms with Crippen molar-refractivity contribution in [2.24, 2.45) is 0 Å². The zero-order chi connectivity index (χ0) is 16.1. The van der Waals surface area contributed by atoms with Crippen LogP contribution in [-0.2, 0) is 0 Å². The summed E-state index contributed by atoms with van der Waals surface area (Å²) in [5, 5.41) is 5.93. The van der Waals surface area contributed by atoms with Crippen LogP contribution in [0.3, 0.4) is 0 Å². The van der Waals surface area contributed by atoms with Crippen molar-refractivity contribution in [2.75, 3.05) is 10.6 Å². The minimum atomic E-state index is -0.266. The summed E-state index contributed by atoms with van der Waals surface area (Å²) in [7, 11) is 0. The average Bonchev–Trinajstić information content (AvgIpc) is 2.58. The molecule has 0 aliphatic carbocycles. The van der Waals surface area contributed by atoms with Crippen LogP contribution in [0.2, 0.25) is 0 Å². The van der Waals surface area contributed by atoms with Crippen LogP contribution in [0, 0.1) is 6.92 Å². The smallest absolute Gasteiger partial charge is 0.274 e. The molecule has 5 heteroatoms. The number of benzene rings is 2. The number of hydrogen-bond donors (Lipinski definition) is 2. The van der Waals surface area contributed by atoms with E-state index >= 15 is 0 Å². The minimum absolute atomic E-state index is 0.266. The zero-order valence-corrected chi connectivity index (χ0v) is 12.7. The normalized spacial score (nSPS) is 10.1. The van der Waals surface area contributed by atoms with Crippen LogP contribution >= 0.6 is 0 Å². The number of nitrogens with one attached hydrogen (secondary N) is 2. The molecule has 0 bridgehead atoms. The highest BCUT2D eigenvalue weighted by atomic mass is 16.1. The van der Waals surface area contributed by atoms with Gasteiger partial charge >= 0.3 is 0 Å². The summed E-state index contributed by atoms with van der Waals surface area (Å²) in [5.41, 5.74) is 2.94. The Labute approximate surface area is 134 Å². The fourth-order valence-electron chi connectivity index (χ4n) is 2.10. The number of carbonyl (C=O) groups is 1. The van der Waals surface area contributed by atoms with Gasteiger partial charge in [-0.1, -0.05) is 36.4 Å². The lowest BCUT2D eigenvalue weighted by atomic mass is 10.2. The van der Waals surface area contributed by atoms with Crippen LogP contribution in [0.5, 0.6) is 0 Å². The summed E-state index contributed by atoms with van der Waals surface area (Å²) in [6.45, 7) is 1.94. The van der Waals surface area contributed by atoms with Crippen molar-refractivity contribution in [3.8, 4) is 0 Å². The fraction of sp³-hybridized carbons (Fsp3) is 0.0556. The van der Waals surface area contributed by atoms with E-state index in [-0.39, 0.29) is 5.91 Å². The van der Waals surface area contributed by atoms with E-state index in [9.17, 15) is 4.79 Å². The molecule has 1 amide bonds. The number of para-hydroxylation sites is 2. The lowest BCUT2D eigenvalue weighted by molar-refractivity contribution is 0.102. The van der Waals surface area contributed by atoms with Gasteiger partial charge in [0.15, 0.2) is 0 Å². The molecule has 0 atom stereocenters. The van der Waals surface area contributed by atoms with Gasteiger partial charge in [-0.15, -0.1) is 0 Å². The highest BCUT2D eigenvalue weighted by Gasteiger charge is 2.10. The molecule has 114 valence electrons. The average molecular weight is 304 g/mol. The molecule has 0 aliphatic heterocycles. The summed E-state index contributed by atoms with van der Waals surface area (Å²) >= 11 is 0. The Morgan fingerprint density at radius 1 is 0.957 bits per heavy atom. The van der Waals surface area contributed by atoms with Gasteiger partial charge in [0.25, 0.3) is 5.91 Å². The fourth-order valence-corrected chi connectivity index (χ4v) is 2.10. The second-order valence-corrected chi connectivity index (χ2v) is 5.03. The lowest BCUT2D eigenvalue weighted by Crippen LogP contribution is -2.15. The Kier molecular flexibility index (Phi) is 4.29. The van der Waals surface area contributed by atoms with Crippen LogP contribution in [0.15, 0.2) is 66.9 Å². The van der Waals surface area contributed by atoms with Crippen LogP contribution in [0.1, 0.15) is 16.1 Å². The van der Waals surface area contributed by atoms with Crippen LogP contribution in [0.25, 0.3) is 0 Å². The van der Waals surface area contributed by atoms with Gasteiger partial charge in [0.05, 0.1) is 0 Å². The highest BCUT2D eigenvalue weighted by Crippen LogP contribution is 2.15. The third-order valence-corrected chi connectivity index (χ3v) is 3.31. The molecule has 0 aliphatic rings. The predicted molar refractivity (Wildman–Crippen MR) is 90.9 cm³/mol. The van der Waals surface area contributed by atoms with E-state index in [1.807, 2.05) is 61.5 Å². The van der Waals surface area contributed by atoms with Gasteiger partial charge in [-0.25, -0.2) is 9.97 Å². The maximum atomic E-state index is 12.3. The second-order valence-electron chi connectivity index (χ2n) is 5.03. The molecule has 1 heterocycles. The minimum Gasteiger partial charge on any atom is -0.324 e. The molecule has 0 saturated heterocycles. The van der Waals surface area contributed by atoms with Crippen molar-refractivity contribution >= 4 is 23.2 Å². The molecular formula is C18H16N4O. The first kappa shape index (κ1) is 14.7. The Balaban J connectivity index is 1.77. The Hall–Kier alpha value is -3.21. The van der Waals surface area contributed by atoms with E-state index in [1.165, 1.54) is 0 Å². The highest BCUT2D eigenvalue weighted by molar-refractivity contribution is 6.03. The first-order valence-electron chi connectivity index (χ1n) is 7.24. The molecule has 1 aromatic heterocycles. The number of aromatic nitrogens is 2. The summed E-state index contributed by atoms with van der Waals surface area (Å²) in [5.74, 6) is 0.117. The Bertz CT molecular complexity index is 818. The van der Waals surface area contributed by atoms with E-state index in [4.69, 9.17) is 0 Å². The molecule has 2 aromatic carbocycles. The molecule has 5 nitrogen and oxygen atoms in total. The van der Waals surface area contributed by atoms with E-state index in [0.29, 0.717) is 11.6 Å². The van der Waals surface area contributed by atoms with Crippen molar-refractivity contribution in [3.63, 3.8) is 0 Å². The number of amides is 1. The van der Waals surface area contributed by atoms with Crippen molar-refractivity contribution in [1.29, 1.82) is 0 Å². The maximum absolute atomic E-state index is 12.3. The maximum Gasteiger partial charge on any atom is 0.274 e. The number of carbonyl (C=O) groups excluding carboxylic acids is 1. The molecule has 3 aromatic rings. The summed E-state index contributed by atoms with van der Waals surface area (Å²) in [4.78, 5) is 20.7. The first-order valence-corrected chi connectivity index (χ1v) is 7.24. The standard InChI is InChI=1S/C18H16N4O/c1-13-7-5-6-10-15(13)21-17(23)16-11-12-19-18(22-16)20-14-8-3-2-4-9-14/h2-12H,1H3,(H,21,23)(H,19,20,22). The van der Waals surface area contributed by atoms with Gasteiger partial charge in [-0.3, -0.25) is 4.79 Å². The van der Waals surface area contributed by atoms with Gasteiger partial charge in [-0.05, 0) is 36.8 Å². The second kappa shape index (κ2) is 6.70. The quantitative estimate of drug-likeness (QED) is 0.769. The summed E-state index contributed by atoms with van der Waals surface area (Å²) in [6.07, 6.45) is 1.56. The van der Waals surface area contributed by atoms with Gasteiger partial charge in [0, 0.05) is 17.6 Å². The van der Waals surface area contributed by atoms with E-state index in [2.05, 4.69) is 20.6 Å². The largest absolute Gasteiger partial charge is 0.324 e. The van der Waals surface area contributed by atoms with Gasteiger partial charge < -0.3 is 10.6 Å². The molecule has 23 heavy (non-hydrogen) atoms. The number of nitrogens with zero attached hydrogens (tertiary/aromatic N) is 2. The SMILES string of the molecule is Cc1ccccc1NC(=O)c1ccnc(Nc2ccccc2)n1. The third-order valence-electron chi connectivity index (χ3n) is 3.31. The number of aryl methyl sites for hydroxylation is 1. The molecule has 0 spiro atoms. The van der Waals surface area contributed by atoms with E-state index in [1.54, 1.807) is 12.3 Å². The van der Waals surface area contributed by atoms with E-state index < -0.39 is 0 Å². The molecule has 2 N–H and O–H groups in total. The number of rotatable bonds is 4. The first-order chi connectivity index (χ1) is 11.2. The van der Waals surface area contributed by atoms with Crippen molar-refractivity contribution in [1.82, 2.24) is 9.97 Å². The number of hydrogen-bond acceptors (Lipinski definition) is 4. The van der Waals surface area contributed by atoms with Crippen LogP contribution < -0.4 is 10.6 Å². The molecule has 0 saturated carbocycles. The zero-order valence-electron chi connectivity index (χ0n) is 12.7. The molecule has 0 fully saturated rings. The van der Waals surface area contributed by atoms with Gasteiger partial charge in [-0.2, -0.15) is 0 Å². The molecule has 3 rings (SSSR count). The Morgan fingerprint density at radius 3 is 2.48 bits per heavy atom. The topological polar surface area (TPSA) is 66.9 Å². The monoisotopic (exact) mass is 304 g/mol. The van der Waals surface area contributed by atoms with Crippen molar-refractivity contribution in [3.05, 3.63) is 78.1 Å². The van der Waals surface area contributed by atoms with Crippen LogP contribution in [0.4, 0.5) is 17.3 Å². The third kappa shape index (κ3) is 3.71. The molecule has 0 unspecified atom stereocenters. The van der Waals surface area contributed by atoms with Crippen molar-refractivity contribution in [2.45, 2.75) is 6.92 Å². The van der Waals surface area contributed by atoms with E-state index in [0.717, 1.165) is 16.9 Å². The van der Waals surface area contributed by atoms with Gasteiger partial charge in [0.2, 0.25) is 5.95 Å². The lowest BCUT2D eigenvalue weighted by Gasteiger charge is -2.09. The van der Waals surface area contributed by atoms with Gasteiger partial charge in [0.1, 0.15) is 5.69 Å². The Morgan fingerprint density at radius 2 is 1.70 bits per heavy atom. The summed E-state index contributed by atoms with van der Waals surface area (Å²) < 4.78 is 0. The number of anilines is 3. The molecule has 0 radical (unpaired) electrons.